The summed E-state index contributed by atoms with van der Waals surface area (Å²) in [6.07, 6.45) is 4.52. The summed E-state index contributed by atoms with van der Waals surface area (Å²) in [4.78, 5) is 2.25. The van der Waals surface area contributed by atoms with Crippen LogP contribution in [-0.4, -0.2) is 25.5 Å². The molecule has 0 aliphatic rings. The molecule has 4 aromatic carbocycles. The predicted octanol–water partition coefficient (Wildman–Crippen LogP) is 5.62. The van der Waals surface area contributed by atoms with Crippen molar-refractivity contribution < 1.29 is 25.9 Å². The Hall–Kier alpha value is -2.96. The van der Waals surface area contributed by atoms with Crippen LogP contribution in [0.1, 0.15) is 5.56 Å². The molecule has 6 aromatic rings. The fourth-order valence-corrected chi connectivity index (χ4v) is 9.72. The van der Waals surface area contributed by atoms with Crippen molar-refractivity contribution in [3.05, 3.63) is 145 Å². The number of furan rings is 2. The minimum absolute atomic E-state index is 0. The summed E-state index contributed by atoms with van der Waals surface area (Å²) in [6, 6.07) is 44.6. The van der Waals surface area contributed by atoms with E-state index >= 15 is 0 Å². The standard InChI is InChI=1S/C29H28NO2P2.C5H5.Fe/c1-30(2)20-19-23-17-18-26(29(23)34(27-15-9-21-31-27)28-16-10-22-32-28)33(24-11-5-3-6-12-24)25-13-7-4-8-14-25;1-2-4-5-3-1;/h3-18,21-22H,19-20H2,1-2H3;1-5H;/q2*-1;+2. The molecule has 0 N–H and O–H groups in total. The third-order valence-corrected chi connectivity index (χ3v) is 11.3. The Kier molecular flexibility index (Phi) is 11.4. The minimum atomic E-state index is -0.956. The second kappa shape index (κ2) is 15.2. The van der Waals surface area contributed by atoms with Crippen molar-refractivity contribution in [1.82, 2.24) is 4.90 Å². The van der Waals surface area contributed by atoms with Gasteiger partial charge in [0.2, 0.25) is 11.0 Å². The number of rotatable bonds is 9. The molecule has 6 rings (SSSR count). The smallest absolute Gasteiger partial charge is 0.345 e. The van der Waals surface area contributed by atoms with Gasteiger partial charge in [0.05, 0.1) is 0 Å². The molecule has 3 nitrogen and oxygen atoms in total. The molecule has 0 saturated heterocycles. The van der Waals surface area contributed by atoms with Gasteiger partial charge in [-0.25, -0.2) is 18.2 Å². The minimum Gasteiger partial charge on any atom is -0.345 e. The van der Waals surface area contributed by atoms with Gasteiger partial charge in [-0.2, -0.15) is 29.8 Å². The van der Waals surface area contributed by atoms with Crippen LogP contribution in [0.15, 0.2) is 149 Å². The zero-order valence-electron chi connectivity index (χ0n) is 22.7. The SMILES string of the molecule is CN(C)CCc1cc[c-](P(c2ccccc2)c2ccccc2)c1P([c-]1ccc[o+]1)[c-]1ccc[o+]1.[Fe+2].c1cc[cH-]c1. The molecule has 0 amide bonds. The van der Waals surface area contributed by atoms with Crippen LogP contribution in [0.5, 0.6) is 0 Å². The van der Waals surface area contributed by atoms with E-state index in [1.54, 1.807) is 12.5 Å². The van der Waals surface area contributed by atoms with Crippen LogP contribution in [0.3, 0.4) is 0 Å². The topological polar surface area (TPSA) is 25.8 Å². The molecule has 2 heterocycles. The zero-order chi connectivity index (χ0) is 26.9. The summed E-state index contributed by atoms with van der Waals surface area (Å²) in [5.74, 6) is 0. The Balaban J connectivity index is 0.000000557. The number of benzene rings is 2. The van der Waals surface area contributed by atoms with Crippen molar-refractivity contribution in [2.24, 2.45) is 0 Å². The average Bonchev–Trinajstić information content (AvgIpc) is 3.80. The fourth-order valence-electron chi connectivity index (χ4n) is 4.51. The summed E-state index contributed by atoms with van der Waals surface area (Å²) in [5.41, 5.74) is 3.32. The van der Waals surface area contributed by atoms with Crippen LogP contribution in [-0.2, 0) is 23.5 Å². The van der Waals surface area contributed by atoms with Crippen molar-refractivity contribution in [1.29, 1.82) is 0 Å². The van der Waals surface area contributed by atoms with Gasteiger partial charge >= 0.3 is 17.1 Å². The van der Waals surface area contributed by atoms with E-state index in [2.05, 4.69) is 104 Å². The molecule has 0 spiro atoms. The predicted molar refractivity (Wildman–Crippen MR) is 168 cm³/mol. The van der Waals surface area contributed by atoms with Gasteiger partial charge in [0.1, 0.15) is 0 Å². The maximum Gasteiger partial charge on any atom is 2.00 e. The number of nitrogens with zero attached hydrogens (tertiary/aromatic N) is 1. The zero-order valence-corrected chi connectivity index (χ0v) is 25.6. The van der Waals surface area contributed by atoms with Crippen LogP contribution >= 0.6 is 15.8 Å². The van der Waals surface area contributed by atoms with Gasteiger partial charge in [0.25, 0.3) is 0 Å². The van der Waals surface area contributed by atoms with E-state index in [9.17, 15) is 0 Å². The molecule has 0 aliphatic carbocycles. The maximum absolute atomic E-state index is 6.04. The normalized spacial score (nSPS) is 10.9. The van der Waals surface area contributed by atoms with Crippen LogP contribution in [0.25, 0.3) is 0 Å². The van der Waals surface area contributed by atoms with Crippen LogP contribution in [0.4, 0.5) is 0 Å². The Bertz CT molecular complexity index is 1390. The first-order valence-corrected chi connectivity index (χ1v) is 15.8. The third-order valence-electron chi connectivity index (χ3n) is 6.32. The molecule has 0 saturated carbocycles. The van der Waals surface area contributed by atoms with Crippen molar-refractivity contribution in [3.8, 4) is 0 Å². The molecule has 0 radical (unpaired) electrons. The molecule has 0 aliphatic heterocycles. The van der Waals surface area contributed by atoms with E-state index in [1.807, 2.05) is 42.5 Å². The number of likely N-dealkylation sites (N-methyl/N-ethyl adjacent to an activating group) is 1. The second-order valence-corrected chi connectivity index (χ2v) is 13.5. The molecule has 40 heavy (non-hydrogen) atoms. The molecular formula is C34H33FeNO2P2. The van der Waals surface area contributed by atoms with Crippen molar-refractivity contribution in [2.75, 3.05) is 20.6 Å². The van der Waals surface area contributed by atoms with E-state index < -0.39 is 15.8 Å². The van der Waals surface area contributed by atoms with E-state index in [0.717, 1.165) is 24.0 Å². The van der Waals surface area contributed by atoms with Crippen molar-refractivity contribution in [2.45, 2.75) is 6.42 Å². The average molecular weight is 605 g/mol. The third kappa shape index (κ3) is 7.41. The molecular weight excluding hydrogens is 572 g/mol. The summed E-state index contributed by atoms with van der Waals surface area (Å²) < 4.78 is 12.1. The second-order valence-electron chi connectivity index (χ2n) is 9.35. The largest absolute Gasteiger partial charge is 2.00 e. The van der Waals surface area contributed by atoms with E-state index in [4.69, 9.17) is 8.83 Å². The van der Waals surface area contributed by atoms with Gasteiger partial charge in [-0.3, -0.25) is 0 Å². The Morgan fingerprint density at radius 2 is 1.25 bits per heavy atom. The first-order chi connectivity index (χ1) is 19.2. The van der Waals surface area contributed by atoms with E-state index in [-0.39, 0.29) is 17.1 Å². The summed E-state index contributed by atoms with van der Waals surface area (Å²) >= 11 is 0. The fraction of sp³-hybridized carbons (Fsp3) is 0.118. The van der Waals surface area contributed by atoms with Crippen LogP contribution in [0, 0.1) is 0 Å². The van der Waals surface area contributed by atoms with Crippen molar-refractivity contribution >= 4 is 48.1 Å². The van der Waals surface area contributed by atoms with Gasteiger partial charge < -0.3 is 13.7 Å². The monoisotopic (exact) mass is 605 g/mol. The molecule has 204 valence electrons. The molecule has 0 unspecified atom stereocenters. The van der Waals surface area contributed by atoms with E-state index in [1.165, 1.54) is 26.8 Å². The number of hydrogen-bond donors (Lipinski definition) is 0. The molecule has 0 bridgehead atoms. The Labute approximate surface area is 250 Å². The molecule has 6 heteroatoms. The summed E-state index contributed by atoms with van der Waals surface area (Å²) in [7, 11) is 2.57. The van der Waals surface area contributed by atoms with Gasteiger partial charge in [-0.15, -0.1) is 22.7 Å². The van der Waals surface area contributed by atoms with Gasteiger partial charge in [-0.1, -0.05) is 87.1 Å². The van der Waals surface area contributed by atoms with Gasteiger partial charge in [0, 0.05) is 7.92 Å². The van der Waals surface area contributed by atoms with Gasteiger partial charge in [-0.05, 0) is 31.2 Å². The Morgan fingerprint density at radius 3 is 1.68 bits per heavy atom. The van der Waals surface area contributed by atoms with Crippen molar-refractivity contribution in [3.63, 3.8) is 0 Å². The van der Waals surface area contributed by atoms with E-state index in [0.29, 0.717) is 0 Å². The van der Waals surface area contributed by atoms with Gasteiger partial charge in [0.15, 0.2) is 12.5 Å². The molecule has 2 aromatic heterocycles. The van der Waals surface area contributed by atoms with Crippen LogP contribution < -0.4 is 32.2 Å². The van der Waals surface area contributed by atoms with Crippen LogP contribution in [0.2, 0.25) is 0 Å². The first-order valence-electron chi connectivity index (χ1n) is 13.1. The molecule has 0 fully saturated rings. The quantitative estimate of drug-likeness (QED) is 0.0928. The number of hydrogen-bond acceptors (Lipinski definition) is 1. The maximum atomic E-state index is 6.04. The summed E-state index contributed by atoms with van der Waals surface area (Å²) in [5, 5.41) is 5.47. The Morgan fingerprint density at radius 1 is 0.700 bits per heavy atom. The summed E-state index contributed by atoms with van der Waals surface area (Å²) in [6.45, 7) is 0.991. The first kappa shape index (κ1) is 30.0. The molecule has 0 atom stereocenters.